The molecule has 3 heterocycles. The molecule has 1 aromatic carbocycles. The normalized spacial score (nSPS) is 12.8. The third-order valence-electron chi connectivity index (χ3n) is 5.76. The van der Waals surface area contributed by atoms with E-state index in [1.807, 2.05) is 64.0 Å². The van der Waals surface area contributed by atoms with E-state index >= 15 is 0 Å². The van der Waals surface area contributed by atoms with Gasteiger partial charge in [-0.1, -0.05) is 36.0 Å². The number of hydrogen-bond donors (Lipinski definition) is 1. The van der Waals surface area contributed by atoms with E-state index in [-0.39, 0.29) is 11.7 Å². The lowest BCUT2D eigenvalue weighted by molar-refractivity contribution is -0.113. The summed E-state index contributed by atoms with van der Waals surface area (Å²) in [5.41, 5.74) is 3.71. The number of nitrogens with zero attached hydrogens (tertiary/aromatic N) is 5. The van der Waals surface area contributed by atoms with Crippen LogP contribution in [0.15, 0.2) is 53.0 Å². The number of rotatable bonds is 6. The summed E-state index contributed by atoms with van der Waals surface area (Å²) >= 11 is 2.93. The van der Waals surface area contributed by atoms with Gasteiger partial charge in [-0.05, 0) is 54.8 Å². The van der Waals surface area contributed by atoms with Crippen LogP contribution in [-0.4, -0.2) is 31.0 Å². The van der Waals surface area contributed by atoms with Gasteiger partial charge in [-0.25, -0.2) is 0 Å². The standard InChI is InChI=1S/C24H22N6OS2/c1-29-23(20-12-7-13-32-20)27-28-24(29)33-15-21(31)26-22-18(14-25)17-10-5-6-11-19(17)30(22)16-8-3-2-4-9-16/h2-4,7-9,12-13H,5-6,10-11,15H2,1H3,(H,26,31). The molecule has 5 rings (SSSR count). The van der Waals surface area contributed by atoms with Crippen molar-refractivity contribution in [1.29, 1.82) is 5.26 Å². The fraction of sp³-hybridized carbons (Fsp3) is 0.250. The summed E-state index contributed by atoms with van der Waals surface area (Å²) in [6, 6.07) is 16.2. The molecule has 9 heteroatoms. The Morgan fingerprint density at radius 2 is 2.00 bits per heavy atom. The van der Waals surface area contributed by atoms with Crippen LogP contribution in [0.3, 0.4) is 0 Å². The molecule has 0 aliphatic heterocycles. The van der Waals surface area contributed by atoms with Crippen LogP contribution >= 0.6 is 23.1 Å². The van der Waals surface area contributed by atoms with E-state index in [4.69, 9.17) is 0 Å². The van der Waals surface area contributed by atoms with Gasteiger partial charge in [0.05, 0.1) is 16.2 Å². The lowest BCUT2D eigenvalue weighted by atomic mass is 9.95. The van der Waals surface area contributed by atoms with Gasteiger partial charge in [0, 0.05) is 18.4 Å². The summed E-state index contributed by atoms with van der Waals surface area (Å²) in [6.45, 7) is 0. The van der Waals surface area contributed by atoms with Crippen LogP contribution < -0.4 is 5.32 Å². The van der Waals surface area contributed by atoms with Gasteiger partial charge >= 0.3 is 0 Å². The molecule has 0 atom stereocenters. The van der Waals surface area contributed by atoms with Crippen LogP contribution in [0, 0.1) is 11.3 Å². The lowest BCUT2D eigenvalue weighted by Gasteiger charge is -2.17. The number of thiophene rings is 1. The molecule has 4 aromatic rings. The summed E-state index contributed by atoms with van der Waals surface area (Å²) in [4.78, 5) is 14.0. The number of carbonyl (C=O) groups excluding carboxylic acids is 1. The number of aromatic nitrogens is 4. The molecule has 7 nitrogen and oxygen atoms in total. The second-order valence-electron chi connectivity index (χ2n) is 7.82. The minimum absolute atomic E-state index is 0.173. The van der Waals surface area contributed by atoms with Crippen molar-refractivity contribution in [2.75, 3.05) is 11.1 Å². The number of para-hydroxylation sites is 1. The van der Waals surface area contributed by atoms with Crippen LogP contribution in [0.1, 0.15) is 29.7 Å². The average molecular weight is 475 g/mol. The largest absolute Gasteiger partial charge is 0.310 e. The predicted octanol–water partition coefficient (Wildman–Crippen LogP) is 4.82. The van der Waals surface area contributed by atoms with E-state index in [2.05, 4.69) is 21.6 Å². The SMILES string of the molecule is Cn1c(SCC(=O)Nc2c(C#N)c3c(n2-c2ccccc2)CCCC3)nnc1-c1cccs1. The number of hydrogen-bond acceptors (Lipinski definition) is 6. The van der Waals surface area contributed by atoms with Gasteiger partial charge in [-0.15, -0.1) is 21.5 Å². The number of anilines is 1. The minimum atomic E-state index is -0.177. The zero-order valence-electron chi connectivity index (χ0n) is 18.1. The third kappa shape index (κ3) is 4.08. The van der Waals surface area contributed by atoms with Crippen molar-refractivity contribution in [2.24, 2.45) is 7.05 Å². The number of thioether (sulfide) groups is 1. The van der Waals surface area contributed by atoms with Crippen LogP contribution in [0.25, 0.3) is 16.4 Å². The van der Waals surface area contributed by atoms with Crippen LogP contribution in [0.5, 0.6) is 0 Å². The van der Waals surface area contributed by atoms with Crippen molar-refractivity contribution >= 4 is 34.8 Å². The van der Waals surface area contributed by atoms with Gasteiger partial charge in [0.25, 0.3) is 0 Å². The highest BCUT2D eigenvalue weighted by Crippen LogP contribution is 2.36. The number of benzene rings is 1. The van der Waals surface area contributed by atoms with Crippen molar-refractivity contribution in [3.05, 3.63) is 64.7 Å². The highest BCUT2D eigenvalue weighted by molar-refractivity contribution is 7.99. The smallest absolute Gasteiger partial charge is 0.236 e. The summed E-state index contributed by atoms with van der Waals surface area (Å²) in [5, 5.41) is 24.2. The van der Waals surface area contributed by atoms with E-state index in [1.165, 1.54) is 11.8 Å². The number of amides is 1. The second kappa shape index (κ2) is 9.25. The van der Waals surface area contributed by atoms with Crippen molar-refractivity contribution in [3.8, 4) is 22.5 Å². The molecule has 0 radical (unpaired) electrons. The lowest BCUT2D eigenvalue weighted by Crippen LogP contribution is -2.18. The van der Waals surface area contributed by atoms with E-state index in [0.29, 0.717) is 16.5 Å². The summed E-state index contributed by atoms with van der Waals surface area (Å²) in [7, 11) is 1.90. The molecule has 33 heavy (non-hydrogen) atoms. The third-order valence-corrected chi connectivity index (χ3v) is 7.65. The summed E-state index contributed by atoms with van der Waals surface area (Å²) in [6.07, 6.45) is 3.90. The van der Waals surface area contributed by atoms with Crippen molar-refractivity contribution in [1.82, 2.24) is 19.3 Å². The first-order chi connectivity index (χ1) is 16.2. The first kappa shape index (κ1) is 21.5. The van der Waals surface area contributed by atoms with Crippen LogP contribution in [0.4, 0.5) is 5.82 Å². The van der Waals surface area contributed by atoms with Crippen molar-refractivity contribution in [2.45, 2.75) is 30.8 Å². The maximum absolute atomic E-state index is 13.0. The molecule has 0 fully saturated rings. The van der Waals surface area contributed by atoms with Crippen LogP contribution in [-0.2, 0) is 24.7 Å². The maximum Gasteiger partial charge on any atom is 0.236 e. The molecule has 1 aliphatic rings. The highest BCUT2D eigenvalue weighted by Gasteiger charge is 2.27. The average Bonchev–Trinajstić information content (AvgIpc) is 3.56. The number of carbonyl (C=O) groups is 1. The van der Waals surface area contributed by atoms with E-state index in [0.717, 1.165) is 53.3 Å². The van der Waals surface area contributed by atoms with Gasteiger partial charge in [0.2, 0.25) is 5.91 Å². The molecule has 0 saturated carbocycles. The van der Waals surface area contributed by atoms with Crippen molar-refractivity contribution in [3.63, 3.8) is 0 Å². The van der Waals surface area contributed by atoms with E-state index < -0.39 is 0 Å². The summed E-state index contributed by atoms with van der Waals surface area (Å²) in [5.74, 6) is 1.35. The van der Waals surface area contributed by atoms with Gasteiger partial charge in [-0.3, -0.25) is 9.36 Å². The Bertz CT molecular complexity index is 1330. The molecule has 0 saturated heterocycles. The zero-order valence-corrected chi connectivity index (χ0v) is 19.7. The molecule has 0 spiro atoms. The first-order valence-electron chi connectivity index (χ1n) is 10.7. The number of fused-ring (bicyclic) bond motifs is 1. The molecular formula is C24H22N6OS2. The Labute approximate surface area is 200 Å². The Morgan fingerprint density at radius 3 is 2.76 bits per heavy atom. The molecule has 0 unspecified atom stereocenters. The quantitative estimate of drug-likeness (QED) is 0.405. The second-order valence-corrected chi connectivity index (χ2v) is 9.71. The number of nitrogens with one attached hydrogen (secondary N) is 1. The number of nitriles is 1. The van der Waals surface area contributed by atoms with Gasteiger partial charge < -0.3 is 9.88 Å². The fourth-order valence-electron chi connectivity index (χ4n) is 4.26. The predicted molar refractivity (Wildman–Crippen MR) is 131 cm³/mol. The first-order valence-corrected chi connectivity index (χ1v) is 12.6. The topological polar surface area (TPSA) is 88.5 Å². The molecule has 1 amide bonds. The zero-order chi connectivity index (χ0) is 22.8. The maximum atomic E-state index is 13.0. The van der Waals surface area contributed by atoms with Gasteiger partial charge in [0.1, 0.15) is 11.9 Å². The fourth-order valence-corrected chi connectivity index (χ4v) is 5.71. The molecule has 1 N–H and O–H groups in total. The minimum Gasteiger partial charge on any atom is -0.310 e. The molecule has 1 aliphatic carbocycles. The Kier molecular flexibility index (Phi) is 6.03. The molecule has 166 valence electrons. The Morgan fingerprint density at radius 1 is 1.18 bits per heavy atom. The molecule has 3 aromatic heterocycles. The monoisotopic (exact) mass is 474 g/mol. The Balaban J connectivity index is 1.40. The highest BCUT2D eigenvalue weighted by atomic mass is 32.2. The van der Waals surface area contributed by atoms with Crippen molar-refractivity contribution < 1.29 is 4.79 Å². The van der Waals surface area contributed by atoms with Gasteiger partial charge in [-0.2, -0.15) is 5.26 Å². The van der Waals surface area contributed by atoms with E-state index in [1.54, 1.807) is 11.3 Å². The molecular weight excluding hydrogens is 452 g/mol. The molecule has 0 bridgehead atoms. The summed E-state index contributed by atoms with van der Waals surface area (Å²) < 4.78 is 3.95. The Hall–Kier alpha value is -3.35. The van der Waals surface area contributed by atoms with Crippen LogP contribution in [0.2, 0.25) is 0 Å². The van der Waals surface area contributed by atoms with E-state index in [9.17, 15) is 10.1 Å². The van der Waals surface area contributed by atoms with Gasteiger partial charge in [0.15, 0.2) is 11.0 Å².